The van der Waals surface area contributed by atoms with Gasteiger partial charge in [-0.1, -0.05) is 0 Å². The number of hydrogen-bond acceptors (Lipinski definition) is 5. The van der Waals surface area contributed by atoms with E-state index in [9.17, 15) is 13.2 Å². The second-order valence-corrected chi connectivity index (χ2v) is 9.51. The molecule has 3 aliphatic heterocycles. The molecule has 4 heterocycles. The molecule has 3 saturated heterocycles. The molecule has 0 saturated carbocycles. The van der Waals surface area contributed by atoms with Gasteiger partial charge in [-0.3, -0.25) is 4.79 Å². The number of fused-ring (bicyclic) bond motifs is 4. The second-order valence-electron chi connectivity index (χ2n) is 6.58. The minimum atomic E-state index is -3.19. The van der Waals surface area contributed by atoms with Gasteiger partial charge in [0.2, 0.25) is 15.9 Å². The Balaban J connectivity index is 1.66. The number of rotatable bonds is 4. The quantitative estimate of drug-likeness (QED) is 0.814. The van der Waals surface area contributed by atoms with Crippen molar-refractivity contribution in [3.8, 4) is 0 Å². The van der Waals surface area contributed by atoms with Crippen LogP contribution in [-0.4, -0.2) is 60.4 Å². The maximum absolute atomic E-state index is 12.6. The first-order chi connectivity index (χ1) is 10.8. The van der Waals surface area contributed by atoms with Crippen LogP contribution in [0.4, 0.5) is 0 Å². The van der Waals surface area contributed by atoms with Gasteiger partial charge in [0.05, 0.1) is 17.5 Å². The molecular weight excluding hydrogens is 334 g/mol. The van der Waals surface area contributed by atoms with E-state index in [0.717, 1.165) is 29.8 Å². The first-order valence-electron chi connectivity index (χ1n) is 7.98. The highest BCUT2D eigenvalue weighted by atomic mass is 32.2. The lowest BCUT2D eigenvalue weighted by Crippen LogP contribution is -2.47. The third-order valence-corrected chi connectivity index (χ3v) is 7.11. The normalized spacial score (nSPS) is 25.6. The summed E-state index contributed by atoms with van der Waals surface area (Å²) in [5, 5.41) is 0. The number of sulfonamides is 1. The fraction of sp³-hybridized carbons (Fsp3) is 0.733. The SMILES string of the molecule is Cc1ncsc1CCC(=O)N1CC2CCC1CN(S(C)(=O)=O)C2. The highest BCUT2D eigenvalue weighted by Gasteiger charge is 2.39. The molecule has 0 radical (unpaired) electrons. The van der Waals surface area contributed by atoms with Crippen LogP contribution in [0.2, 0.25) is 0 Å². The third kappa shape index (κ3) is 3.75. The lowest BCUT2D eigenvalue weighted by Gasteiger charge is -2.36. The van der Waals surface area contributed by atoms with Crippen molar-refractivity contribution in [3.05, 3.63) is 16.1 Å². The molecule has 8 heteroatoms. The number of aryl methyl sites for hydroxylation is 2. The maximum atomic E-state index is 12.6. The van der Waals surface area contributed by atoms with Crippen LogP contribution in [0.15, 0.2) is 5.51 Å². The smallest absolute Gasteiger partial charge is 0.223 e. The van der Waals surface area contributed by atoms with E-state index in [1.807, 2.05) is 17.3 Å². The van der Waals surface area contributed by atoms with E-state index in [2.05, 4.69) is 4.98 Å². The van der Waals surface area contributed by atoms with Crippen LogP contribution in [0.5, 0.6) is 0 Å². The van der Waals surface area contributed by atoms with E-state index in [4.69, 9.17) is 0 Å². The summed E-state index contributed by atoms with van der Waals surface area (Å²) in [6, 6.07) is 0.0264. The Labute approximate surface area is 141 Å². The van der Waals surface area contributed by atoms with E-state index in [1.54, 1.807) is 15.6 Å². The minimum Gasteiger partial charge on any atom is -0.338 e. The molecule has 1 aromatic rings. The zero-order valence-corrected chi connectivity index (χ0v) is 15.2. The molecule has 3 aliphatic rings. The molecule has 1 amide bonds. The molecule has 0 spiro atoms. The number of carbonyl (C=O) groups excluding carboxylic acids is 1. The van der Waals surface area contributed by atoms with E-state index in [1.165, 1.54) is 6.26 Å². The number of piperidine rings is 1. The number of thiazole rings is 1. The Morgan fingerprint density at radius 3 is 2.78 bits per heavy atom. The summed E-state index contributed by atoms with van der Waals surface area (Å²) < 4.78 is 25.3. The molecule has 128 valence electrons. The summed E-state index contributed by atoms with van der Waals surface area (Å²) >= 11 is 1.59. The summed E-state index contributed by atoms with van der Waals surface area (Å²) in [6.07, 6.45) is 4.37. The first kappa shape index (κ1) is 16.9. The van der Waals surface area contributed by atoms with E-state index in [-0.39, 0.29) is 17.9 Å². The molecule has 1 aromatic heterocycles. The molecule has 2 atom stereocenters. The predicted molar refractivity (Wildman–Crippen MR) is 89.8 cm³/mol. The molecular formula is C15H23N3O3S2. The van der Waals surface area contributed by atoms with Crippen molar-refractivity contribution in [2.45, 2.75) is 38.6 Å². The van der Waals surface area contributed by atoms with Crippen LogP contribution < -0.4 is 0 Å². The predicted octanol–water partition coefficient (Wildman–Crippen LogP) is 1.27. The Bertz CT molecular complexity index is 686. The molecule has 0 N–H and O–H groups in total. The number of nitrogens with zero attached hydrogens (tertiary/aromatic N) is 3. The van der Waals surface area contributed by atoms with Crippen LogP contribution in [-0.2, 0) is 21.2 Å². The Morgan fingerprint density at radius 2 is 2.13 bits per heavy atom. The van der Waals surface area contributed by atoms with Crippen LogP contribution in [0, 0.1) is 12.8 Å². The van der Waals surface area contributed by atoms with Crippen LogP contribution in [0.3, 0.4) is 0 Å². The van der Waals surface area contributed by atoms with Gasteiger partial charge in [-0.15, -0.1) is 11.3 Å². The van der Waals surface area contributed by atoms with Crippen molar-refractivity contribution >= 4 is 27.3 Å². The van der Waals surface area contributed by atoms with Gasteiger partial charge in [0.1, 0.15) is 0 Å². The fourth-order valence-electron chi connectivity index (χ4n) is 3.55. The van der Waals surface area contributed by atoms with E-state index < -0.39 is 10.0 Å². The van der Waals surface area contributed by atoms with Crippen molar-refractivity contribution in [1.29, 1.82) is 0 Å². The summed E-state index contributed by atoms with van der Waals surface area (Å²) in [5.74, 6) is 0.403. The van der Waals surface area contributed by atoms with Gasteiger partial charge >= 0.3 is 0 Å². The van der Waals surface area contributed by atoms with Gasteiger partial charge in [0.25, 0.3) is 0 Å². The number of hydrogen-bond donors (Lipinski definition) is 0. The molecule has 0 aromatic carbocycles. The van der Waals surface area contributed by atoms with Crippen LogP contribution in [0.1, 0.15) is 29.8 Å². The van der Waals surface area contributed by atoms with Gasteiger partial charge in [-0.05, 0) is 32.1 Å². The van der Waals surface area contributed by atoms with Crippen molar-refractivity contribution in [3.63, 3.8) is 0 Å². The van der Waals surface area contributed by atoms with Gasteiger partial charge in [-0.25, -0.2) is 13.4 Å². The zero-order chi connectivity index (χ0) is 16.6. The largest absolute Gasteiger partial charge is 0.338 e. The van der Waals surface area contributed by atoms with Gasteiger partial charge in [0, 0.05) is 37.0 Å². The highest BCUT2D eigenvalue weighted by molar-refractivity contribution is 7.88. The summed E-state index contributed by atoms with van der Waals surface area (Å²) in [4.78, 5) is 20.0. The topological polar surface area (TPSA) is 70.6 Å². The van der Waals surface area contributed by atoms with E-state index in [0.29, 0.717) is 26.1 Å². The van der Waals surface area contributed by atoms with Crippen molar-refractivity contribution in [1.82, 2.24) is 14.2 Å². The average molecular weight is 358 g/mol. The first-order valence-corrected chi connectivity index (χ1v) is 10.7. The van der Waals surface area contributed by atoms with Crippen LogP contribution >= 0.6 is 11.3 Å². The summed E-state index contributed by atoms with van der Waals surface area (Å²) in [5.41, 5.74) is 2.82. The molecule has 4 rings (SSSR count). The number of carbonyl (C=O) groups is 1. The monoisotopic (exact) mass is 357 g/mol. The van der Waals surface area contributed by atoms with E-state index >= 15 is 0 Å². The number of amides is 1. The summed E-state index contributed by atoms with van der Waals surface area (Å²) in [6.45, 7) is 3.65. The fourth-order valence-corrected chi connectivity index (χ4v) is 5.25. The highest BCUT2D eigenvalue weighted by Crippen LogP contribution is 2.30. The molecule has 0 aliphatic carbocycles. The van der Waals surface area contributed by atoms with Gasteiger partial charge < -0.3 is 4.90 Å². The summed E-state index contributed by atoms with van der Waals surface area (Å²) in [7, 11) is -3.19. The number of aromatic nitrogens is 1. The second kappa shape index (κ2) is 6.49. The van der Waals surface area contributed by atoms with Crippen molar-refractivity contribution in [2.75, 3.05) is 25.9 Å². The molecule has 3 fully saturated rings. The minimum absolute atomic E-state index is 0.0264. The standard InChI is InChI=1S/C15H23N3O3S2/c1-11-14(22-10-16-11)5-6-15(19)18-8-12-3-4-13(18)9-17(7-12)23(2,20)21/h10,12-13H,3-9H2,1-2H3. The maximum Gasteiger partial charge on any atom is 0.223 e. The Kier molecular flexibility index (Phi) is 4.75. The molecule has 2 unspecified atom stereocenters. The lowest BCUT2D eigenvalue weighted by molar-refractivity contribution is -0.135. The average Bonchev–Trinajstić information content (AvgIpc) is 2.71. The van der Waals surface area contributed by atoms with Crippen molar-refractivity contribution < 1.29 is 13.2 Å². The lowest BCUT2D eigenvalue weighted by atomic mass is 9.94. The molecule has 2 bridgehead atoms. The molecule has 23 heavy (non-hydrogen) atoms. The Morgan fingerprint density at radius 1 is 1.35 bits per heavy atom. The van der Waals surface area contributed by atoms with Gasteiger partial charge in [0.15, 0.2) is 0 Å². The third-order valence-electron chi connectivity index (χ3n) is 4.88. The van der Waals surface area contributed by atoms with Crippen molar-refractivity contribution in [2.24, 2.45) is 5.92 Å². The Hall–Kier alpha value is -0.990. The zero-order valence-electron chi connectivity index (χ0n) is 13.6. The van der Waals surface area contributed by atoms with Gasteiger partial charge in [-0.2, -0.15) is 4.31 Å². The molecule has 6 nitrogen and oxygen atoms in total. The van der Waals surface area contributed by atoms with Crippen LogP contribution in [0.25, 0.3) is 0 Å².